The quantitative estimate of drug-likeness (QED) is 0.810. The lowest BCUT2D eigenvalue weighted by molar-refractivity contribution is -0.115. The highest BCUT2D eigenvalue weighted by atomic mass is 32.2. The summed E-state index contributed by atoms with van der Waals surface area (Å²) in [5.41, 5.74) is 0.908. The van der Waals surface area contributed by atoms with E-state index >= 15 is 0 Å². The summed E-state index contributed by atoms with van der Waals surface area (Å²) in [5.74, 6) is 0.985. The van der Waals surface area contributed by atoms with Crippen molar-refractivity contribution in [2.24, 2.45) is 0 Å². The molecule has 66 valence electrons. The van der Waals surface area contributed by atoms with E-state index in [1.54, 1.807) is 23.1 Å². The van der Waals surface area contributed by atoms with Crippen molar-refractivity contribution >= 4 is 34.7 Å². The fraction of sp³-hybridized carbons (Fsp3) is 0.375. The Kier molecular flexibility index (Phi) is 4.18. The molecule has 0 aliphatic rings. The van der Waals surface area contributed by atoms with Crippen LogP contribution in [0.2, 0.25) is 0 Å². The number of carbonyl (C=O) groups is 1. The number of hydrogen-bond donors (Lipinski definition) is 1. The molecule has 0 aromatic carbocycles. The fourth-order valence-corrected chi connectivity index (χ4v) is 1.73. The van der Waals surface area contributed by atoms with Gasteiger partial charge in [-0.25, -0.2) is 0 Å². The van der Waals surface area contributed by atoms with E-state index in [0.717, 1.165) is 11.4 Å². The smallest absolute Gasteiger partial charge is 0.225 e. The first-order valence-electron chi connectivity index (χ1n) is 3.64. The van der Waals surface area contributed by atoms with Crippen LogP contribution in [-0.4, -0.2) is 17.9 Å². The van der Waals surface area contributed by atoms with Gasteiger partial charge in [0.2, 0.25) is 5.91 Å². The van der Waals surface area contributed by atoms with Crippen LogP contribution in [0.3, 0.4) is 0 Å². The molecule has 1 heterocycles. The summed E-state index contributed by atoms with van der Waals surface area (Å²) in [6.45, 7) is 0. The Hall–Kier alpha value is -0.480. The maximum Gasteiger partial charge on any atom is 0.225 e. The second-order valence-corrected chi connectivity index (χ2v) is 4.07. The van der Waals surface area contributed by atoms with Gasteiger partial charge in [0.25, 0.3) is 0 Å². The highest BCUT2D eigenvalue weighted by molar-refractivity contribution is 7.98. The van der Waals surface area contributed by atoms with Gasteiger partial charge in [0.15, 0.2) is 0 Å². The fourth-order valence-electron chi connectivity index (χ4n) is 0.754. The van der Waals surface area contributed by atoms with Gasteiger partial charge in [-0.1, -0.05) is 0 Å². The zero-order chi connectivity index (χ0) is 8.81. The molecule has 0 atom stereocenters. The first-order valence-corrected chi connectivity index (χ1v) is 5.97. The molecule has 0 bridgehead atoms. The lowest BCUT2D eigenvalue weighted by Gasteiger charge is -2.00. The average molecular weight is 201 g/mol. The zero-order valence-electron chi connectivity index (χ0n) is 6.87. The average Bonchev–Trinajstić information content (AvgIpc) is 2.53. The molecule has 0 saturated carbocycles. The van der Waals surface area contributed by atoms with Crippen molar-refractivity contribution < 1.29 is 4.79 Å². The Morgan fingerprint density at radius 2 is 2.58 bits per heavy atom. The summed E-state index contributed by atoms with van der Waals surface area (Å²) in [6, 6.07) is 1.90. The zero-order valence-corrected chi connectivity index (χ0v) is 8.50. The van der Waals surface area contributed by atoms with Crippen LogP contribution < -0.4 is 5.32 Å². The molecule has 0 aliphatic heterocycles. The van der Waals surface area contributed by atoms with Gasteiger partial charge < -0.3 is 5.32 Å². The number of rotatable bonds is 4. The Bertz CT molecular complexity index is 233. The third-order valence-corrected chi connectivity index (χ3v) is 2.63. The van der Waals surface area contributed by atoms with Crippen molar-refractivity contribution in [3.05, 3.63) is 16.8 Å². The topological polar surface area (TPSA) is 29.1 Å². The highest BCUT2D eigenvalue weighted by Crippen LogP contribution is 2.12. The number of nitrogens with one attached hydrogen (secondary N) is 1. The molecule has 1 amide bonds. The molecular formula is C8H11NOS2. The summed E-state index contributed by atoms with van der Waals surface area (Å²) in [6.07, 6.45) is 2.59. The lowest BCUT2D eigenvalue weighted by Crippen LogP contribution is -2.11. The minimum atomic E-state index is 0.0998. The third-order valence-electron chi connectivity index (χ3n) is 1.34. The van der Waals surface area contributed by atoms with Crippen LogP contribution in [0.4, 0.5) is 5.69 Å². The van der Waals surface area contributed by atoms with E-state index in [1.165, 1.54) is 0 Å². The van der Waals surface area contributed by atoms with Crippen molar-refractivity contribution in [3.8, 4) is 0 Å². The number of anilines is 1. The summed E-state index contributed by atoms with van der Waals surface area (Å²) in [7, 11) is 0. The second-order valence-electron chi connectivity index (χ2n) is 2.30. The minimum absolute atomic E-state index is 0.0998. The van der Waals surface area contributed by atoms with Crippen molar-refractivity contribution in [3.63, 3.8) is 0 Å². The van der Waals surface area contributed by atoms with E-state index < -0.39 is 0 Å². The van der Waals surface area contributed by atoms with Crippen molar-refractivity contribution in [1.82, 2.24) is 0 Å². The molecule has 12 heavy (non-hydrogen) atoms. The number of thiophene rings is 1. The molecule has 1 aromatic heterocycles. The van der Waals surface area contributed by atoms with E-state index in [0.29, 0.717) is 6.42 Å². The molecule has 0 radical (unpaired) electrons. The molecule has 4 heteroatoms. The standard InChI is InChI=1S/C8H11NOS2/c1-11-4-3-8(10)9-7-2-5-12-6-7/h2,5-6H,3-4H2,1H3,(H,9,10). The van der Waals surface area contributed by atoms with Crippen molar-refractivity contribution in [2.75, 3.05) is 17.3 Å². The van der Waals surface area contributed by atoms with E-state index in [4.69, 9.17) is 0 Å². The monoisotopic (exact) mass is 201 g/mol. The van der Waals surface area contributed by atoms with Gasteiger partial charge in [-0.3, -0.25) is 4.79 Å². The van der Waals surface area contributed by atoms with E-state index in [9.17, 15) is 4.79 Å². The molecule has 0 fully saturated rings. The van der Waals surface area contributed by atoms with Gasteiger partial charge in [-0.05, 0) is 17.7 Å². The maximum absolute atomic E-state index is 11.1. The first kappa shape index (κ1) is 9.61. The Morgan fingerprint density at radius 1 is 1.75 bits per heavy atom. The largest absolute Gasteiger partial charge is 0.325 e. The highest BCUT2D eigenvalue weighted by Gasteiger charge is 2.00. The van der Waals surface area contributed by atoms with E-state index in [2.05, 4.69) is 5.32 Å². The van der Waals surface area contributed by atoms with Crippen LogP contribution in [0.1, 0.15) is 6.42 Å². The Morgan fingerprint density at radius 3 is 3.17 bits per heavy atom. The minimum Gasteiger partial charge on any atom is -0.325 e. The molecule has 2 nitrogen and oxygen atoms in total. The molecule has 0 saturated heterocycles. The summed E-state index contributed by atoms with van der Waals surface area (Å²) >= 11 is 3.27. The van der Waals surface area contributed by atoms with Crippen molar-refractivity contribution in [2.45, 2.75) is 6.42 Å². The van der Waals surface area contributed by atoms with E-state index in [-0.39, 0.29) is 5.91 Å². The molecule has 0 aliphatic carbocycles. The summed E-state index contributed by atoms with van der Waals surface area (Å²) < 4.78 is 0. The van der Waals surface area contributed by atoms with Crippen LogP contribution in [0.25, 0.3) is 0 Å². The predicted molar refractivity (Wildman–Crippen MR) is 55.9 cm³/mol. The van der Waals surface area contributed by atoms with Crippen LogP contribution in [0.5, 0.6) is 0 Å². The predicted octanol–water partition coefficient (Wildman–Crippen LogP) is 2.44. The molecule has 1 N–H and O–H groups in total. The first-order chi connectivity index (χ1) is 5.83. The summed E-state index contributed by atoms with van der Waals surface area (Å²) in [4.78, 5) is 11.1. The Labute approximate surface area is 80.4 Å². The van der Waals surface area contributed by atoms with Crippen molar-refractivity contribution in [1.29, 1.82) is 0 Å². The van der Waals surface area contributed by atoms with Gasteiger partial charge in [-0.2, -0.15) is 23.1 Å². The second kappa shape index (κ2) is 5.22. The number of carbonyl (C=O) groups excluding carboxylic acids is 1. The third kappa shape index (κ3) is 3.28. The van der Waals surface area contributed by atoms with Gasteiger partial charge in [0.05, 0.1) is 5.69 Å². The SMILES string of the molecule is CSCCC(=O)Nc1ccsc1. The molecule has 0 unspecified atom stereocenters. The van der Waals surface area contributed by atoms with Gasteiger partial charge in [0.1, 0.15) is 0 Å². The maximum atomic E-state index is 11.1. The van der Waals surface area contributed by atoms with Crippen LogP contribution >= 0.6 is 23.1 Å². The van der Waals surface area contributed by atoms with Crippen LogP contribution in [0, 0.1) is 0 Å². The molecular weight excluding hydrogens is 190 g/mol. The van der Waals surface area contributed by atoms with E-state index in [1.807, 2.05) is 23.1 Å². The Balaban J connectivity index is 2.27. The van der Waals surface area contributed by atoms with Crippen LogP contribution in [-0.2, 0) is 4.79 Å². The lowest BCUT2D eigenvalue weighted by atomic mass is 10.4. The number of amides is 1. The van der Waals surface area contributed by atoms with Gasteiger partial charge >= 0.3 is 0 Å². The number of hydrogen-bond acceptors (Lipinski definition) is 3. The number of thioether (sulfide) groups is 1. The molecule has 0 spiro atoms. The molecule has 1 aromatic rings. The van der Waals surface area contributed by atoms with Crippen LogP contribution in [0.15, 0.2) is 16.8 Å². The molecule has 1 rings (SSSR count). The normalized spacial score (nSPS) is 9.75. The summed E-state index contributed by atoms with van der Waals surface area (Å²) in [5, 5.41) is 6.69. The van der Waals surface area contributed by atoms with Gasteiger partial charge in [-0.15, -0.1) is 0 Å². The van der Waals surface area contributed by atoms with Gasteiger partial charge in [0, 0.05) is 17.6 Å².